The van der Waals surface area contributed by atoms with Gasteiger partial charge in [-0.3, -0.25) is 0 Å². The molecule has 84 valence electrons. The highest BCUT2D eigenvalue weighted by atomic mass is 16.5. The number of anilines is 1. The van der Waals surface area contributed by atoms with Crippen molar-refractivity contribution in [1.29, 1.82) is 0 Å². The molecule has 0 spiro atoms. The van der Waals surface area contributed by atoms with Gasteiger partial charge >= 0.3 is 0 Å². The summed E-state index contributed by atoms with van der Waals surface area (Å²) in [7, 11) is 3.14. The molecule has 5 nitrogen and oxygen atoms in total. The maximum Gasteiger partial charge on any atom is 0.240 e. The number of nitrogens with zero attached hydrogens (tertiary/aromatic N) is 1. The fourth-order valence-electron chi connectivity index (χ4n) is 1.14. The molecule has 0 radical (unpaired) electrons. The molecule has 1 heterocycles. The molecule has 5 heteroatoms. The van der Waals surface area contributed by atoms with E-state index in [1.807, 2.05) is 6.92 Å². The van der Waals surface area contributed by atoms with Gasteiger partial charge in [0, 0.05) is 13.2 Å². The summed E-state index contributed by atoms with van der Waals surface area (Å²) in [5, 5.41) is 0. The number of rotatable bonds is 5. The van der Waals surface area contributed by atoms with Crippen molar-refractivity contribution in [2.45, 2.75) is 13.0 Å². The van der Waals surface area contributed by atoms with Gasteiger partial charge in [-0.25, -0.2) is 0 Å². The van der Waals surface area contributed by atoms with Crippen LogP contribution in [-0.4, -0.2) is 31.9 Å². The summed E-state index contributed by atoms with van der Waals surface area (Å²) in [6.45, 7) is 2.41. The fourth-order valence-corrected chi connectivity index (χ4v) is 1.14. The van der Waals surface area contributed by atoms with Gasteiger partial charge < -0.3 is 19.9 Å². The van der Waals surface area contributed by atoms with Gasteiger partial charge in [-0.1, -0.05) is 0 Å². The van der Waals surface area contributed by atoms with Crippen LogP contribution in [0.4, 0.5) is 5.69 Å². The number of aromatic nitrogens is 1. The van der Waals surface area contributed by atoms with Crippen LogP contribution in [0.25, 0.3) is 0 Å². The second-order valence-electron chi connectivity index (χ2n) is 3.13. The number of ether oxygens (including phenoxy) is 3. The van der Waals surface area contributed by atoms with Crippen LogP contribution in [-0.2, 0) is 4.74 Å². The lowest BCUT2D eigenvalue weighted by Crippen LogP contribution is -2.18. The number of nitrogen functional groups attached to an aromatic ring is 1. The monoisotopic (exact) mass is 212 g/mol. The highest BCUT2D eigenvalue weighted by Gasteiger charge is 2.07. The zero-order valence-corrected chi connectivity index (χ0v) is 9.19. The topological polar surface area (TPSA) is 66.6 Å². The standard InChI is InChI=1S/C10H16N2O3/c1-7(6-13-2)15-9-5-4-8(11)10(12-9)14-3/h4-5,7H,6,11H2,1-3H3. The van der Waals surface area contributed by atoms with Crippen molar-refractivity contribution in [3.8, 4) is 11.8 Å². The van der Waals surface area contributed by atoms with Crippen LogP contribution in [0.2, 0.25) is 0 Å². The molecule has 1 aromatic heterocycles. The maximum atomic E-state index is 5.62. The molecule has 1 unspecified atom stereocenters. The molecule has 0 bridgehead atoms. The molecule has 2 N–H and O–H groups in total. The summed E-state index contributed by atoms with van der Waals surface area (Å²) in [6.07, 6.45) is -0.0594. The van der Waals surface area contributed by atoms with Crippen LogP contribution in [0.15, 0.2) is 12.1 Å². The van der Waals surface area contributed by atoms with Crippen LogP contribution < -0.4 is 15.2 Å². The maximum absolute atomic E-state index is 5.62. The first-order chi connectivity index (χ1) is 7.17. The lowest BCUT2D eigenvalue weighted by molar-refractivity contribution is 0.0885. The second kappa shape index (κ2) is 5.41. The van der Waals surface area contributed by atoms with Gasteiger partial charge in [-0.2, -0.15) is 4.98 Å². The third-order valence-electron chi connectivity index (χ3n) is 1.78. The quantitative estimate of drug-likeness (QED) is 0.791. The molecule has 1 atom stereocenters. The molecule has 15 heavy (non-hydrogen) atoms. The molecule has 0 aliphatic heterocycles. The van der Waals surface area contributed by atoms with E-state index in [-0.39, 0.29) is 6.10 Å². The molecule has 0 saturated heterocycles. The highest BCUT2D eigenvalue weighted by molar-refractivity contribution is 5.49. The summed E-state index contributed by atoms with van der Waals surface area (Å²) in [4.78, 5) is 4.09. The van der Waals surface area contributed by atoms with Gasteiger partial charge in [0.1, 0.15) is 6.10 Å². The van der Waals surface area contributed by atoms with Crippen LogP contribution in [0.1, 0.15) is 6.92 Å². The average Bonchev–Trinajstić information content (AvgIpc) is 2.21. The van der Waals surface area contributed by atoms with E-state index >= 15 is 0 Å². The largest absolute Gasteiger partial charge is 0.479 e. The number of hydrogen-bond donors (Lipinski definition) is 1. The van der Waals surface area contributed by atoms with Gasteiger partial charge in [-0.05, 0) is 13.0 Å². The SMILES string of the molecule is COCC(C)Oc1ccc(N)c(OC)n1. The van der Waals surface area contributed by atoms with E-state index < -0.39 is 0 Å². The number of nitrogens with two attached hydrogens (primary N) is 1. The lowest BCUT2D eigenvalue weighted by Gasteiger charge is -2.13. The minimum absolute atomic E-state index is 0.0594. The first kappa shape index (κ1) is 11.6. The summed E-state index contributed by atoms with van der Waals surface area (Å²) < 4.78 is 15.4. The van der Waals surface area contributed by atoms with Gasteiger partial charge in [-0.15, -0.1) is 0 Å². The van der Waals surface area contributed by atoms with Crippen molar-refractivity contribution in [3.63, 3.8) is 0 Å². The van der Waals surface area contributed by atoms with Crippen LogP contribution in [0.5, 0.6) is 11.8 Å². The molecule has 0 aliphatic carbocycles. The highest BCUT2D eigenvalue weighted by Crippen LogP contribution is 2.21. The summed E-state index contributed by atoms with van der Waals surface area (Å²) >= 11 is 0. The minimum Gasteiger partial charge on any atom is -0.479 e. The van der Waals surface area contributed by atoms with E-state index in [2.05, 4.69) is 4.98 Å². The summed E-state index contributed by atoms with van der Waals surface area (Å²) in [5.74, 6) is 0.850. The van der Waals surface area contributed by atoms with E-state index in [0.29, 0.717) is 24.1 Å². The molecule has 1 aromatic rings. The Morgan fingerprint density at radius 2 is 2.13 bits per heavy atom. The Morgan fingerprint density at radius 3 is 2.73 bits per heavy atom. The van der Waals surface area contributed by atoms with Gasteiger partial charge in [0.2, 0.25) is 11.8 Å². The van der Waals surface area contributed by atoms with Crippen molar-refractivity contribution in [2.24, 2.45) is 0 Å². The average molecular weight is 212 g/mol. The van der Waals surface area contributed by atoms with E-state index in [0.717, 1.165) is 0 Å². The van der Waals surface area contributed by atoms with Crippen molar-refractivity contribution in [3.05, 3.63) is 12.1 Å². The third kappa shape index (κ3) is 3.28. The Bertz CT molecular complexity index is 318. The van der Waals surface area contributed by atoms with Gasteiger partial charge in [0.05, 0.1) is 19.4 Å². The predicted molar refractivity (Wildman–Crippen MR) is 57.2 cm³/mol. The molecule has 1 rings (SSSR count). The molecule has 0 aromatic carbocycles. The molecular formula is C10H16N2O3. The third-order valence-corrected chi connectivity index (χ3v) is 1.78. The number of pyridine rings is 1. The molecule has 0 aliphatic rings. The molecule has 0 amide bonds. The zero-order chi connectivity index (χ0) is 11.3. The second-order valence-corrected chi connectivity index (χ2v) is 3.13. The Kier molecular flexibility index (Phi) is 4.17. The zero-order valence-electron chi connectivity index (χ0n) is 9.19. The Labute approximate surface area is 89.2 Å². The van der Waals surface area contributed by atoms with Crippen molar-refractivity contribution in [2.75, 3.05) is 26.6 Å². The van der Waals surface area contributed by atoms with E-state index in [1.165, 1.54) is 7.11 Å². The van der Waals surface area contributed by atoms with Crippen LogP contribution in [0.3, 0.4) is 0 Å². The normalized spacial score (nSPS) is 12.2. The number of hydrogen-bond acceptors (Lipinski definition) is 5. The Hall–Kier alpha value is -1.49. The van der Waals surface area contributed by atoms with E-state index in [1.54, 1.807) is 19.2 Å². The van der Waals surface area contributed by atoms with Crippen LogP contribution in [0, 0.1) is 0 Å². The minimum atomic E-state index is -0.0594. The molecular weight excluding hydrogens is 196 g/mol. The predicted octanol–water partition coefficient (Wildman–Crippen LogP) is 1.09. The number of methoxy groups -OCH3 is 2. The smallest absolute Gasteiger partial charge is 0.240 e. The van der Waals surface area contributed by atoms with Crippen LogP contribution >= 0.6 is 0 Å². The molecule has 0 fully saturated rings. The fraction of sp³-hybridized carbons (Fsp3) is 0.500. The first-order valence-corrected chi connectivity index (χ1v) is 4.63. The van der Waals surface area contributed by atoms with Crippen molar-refractivity contribution in [1.82, 2.24) is 4.98 Å². The van der Waals surface area contributed by atoms with Crippen molar-refractivity contribution < 1.29 is 14.2 Å². The van der Waals surface area contributed by atoms with Gasteiger partial charge in [0.15, 0.2) is 0 Å². The first-order valence-electron chi connectivity index (χ1n) is 4.63. The summed E-state index contributed by atoms with van der Waals surface area (Å²) in [6, 6.07) is 3.39. The van der Waals surface area contributed by atoms with Crippen molar-refractivity contribution >= 4 is 5.69 Å². The van der Waals surface area contributed by atoms with Gasteiger partial charge in [0.25, 0.3) is 0 Å². The molecule has 0 saturated carbocycles. The lowest BCUT2D eigenvalue weighted by atomic mass is 10.4. The van der Waals surface area contributed by atoms with E-state index in [4.69, 9.17) is 19.9 Å². The Morgan fingerprint density at radius 1 is 1.40 bits per heavy atom. The summed E-state index contributed by atoms with van der Waals surface area (Å²) in [5.41, 5.74) is 6.11. The Balaban J connectivity index is 2.69. The van der Waals surface area contributed by atoms with E-state index in [9.17, 15) is 0 Å².